The quantitative estimate of drug-likeness (QED) is 0.659. The fourth-order valence-corrected chi connectivity index (χ4v) is 1.61. The lowest BCUT2D eigenvalue weighted by Crippen LogP contribution is -2.37. The van der Waals surface area contributed by atoms with E-state index in [9.17, 15) is 14.3 Å². The highest BCUT2D eigenvalue weighted by atomic mass is 19.1. The summed E-state index contributed by atoms with van der Waals surface area (Å²) in [6.07, 6.45) is 0.709. The second kappa shape index (κ2) is 6.67. The third-order valence-corrected chi connectivity index (χ3v) is 2.71. The fourth-order valence-electron chi connectivity index (χ4n) is 1.61. The van der Waals surface area contributed by atoms with E-state index in [-0.39, 0.29) is 12.4 Å². The van der Waals surface area contributed by atoms with Gasteiger partial charge in [0.25, 0.3) is 0 Å². The van der Waals surface area contributed by atoms with E-state index in [4.69, 9.17) is 0 Å². The number of rotatable bonds is 5. The molecule has 2 amide bonds. The Kier molecular flexibility index (Phi) is 4.67. The van der Waals surface area contributed by atoms with Crippen LogP contribution in [0.3, 0.4) is 0 Å². The molecule has 1 heterocycles. The lowest BCUT2D eigenvalue weighted by Gasteiger charge is -2.12. The largest absolute Gasteiger partial charge is 0.387 e. The van der Waals surface area contributed by atoms with Crippen LogP contribution in [0.4, 0.5) is 9.18 Å². The van der Waals surface area contributed by atoms with Crippen molar-refractivity contribution in [1.82, 2.24) is 20.8 Å². The number of nitrogens with zero attached hydrogens (tertiary/aromatic N) is 1. The SMILES string of the molecule is O=C(NCc1ccn[nH]1)NC[C@@H](O)c1ccc(F)cc1. The van der Waals surface area contributed by atoms with Gasteiger partial charge in [0.2, 0.25) is 0 Å². The number of H-pyrrole nitrogens is 1. The first-order valence-electron chi connectivity index (χ1n) is 6.08. The van der Waals surface area contributed by atoms with E-state index in [1.807, 2.05) is 0 Å². The molecule has 1 atom stereocenters. The summed E-state index contributed by atoms with van der Waals surface area (Å²) in [7, 11) is 0. The van der Waals surface area contributed by atoms with Gasteiger partial charge in [0.15, 0.2) is 0 Å². The number of nitrogens with one attached hydrogen (secondary N) is 3. The molecular formula is C13H15FN4O2. The van der Waals surface area contributed by atoms with E-state index >= 15 is 0 Å². The van der Waals surface area contributed by atoms with Crippen molar-refractivity contribution in [2.75, 3.05) is 6.54 Å². The summed E-state index contributed by atoms with van der Waals surface area (Å²) in [5.41, 5.74) is 1.32. The summed E-state index contributed by atoms with van der Waals surface area (Å²) in [5.74, 6) is -0.369. The van der Waals surface area contributed by atoms with Crippen LogP contribution in [0.5, 0.6) is 0 Å². The molecular weight excluding hydrogens is 263 g/mol. The summed E-state index contributed by atoms with van der Waals surface area (Å²) in [6, 6.07) is 6.82. The standard InChI is InChI=1S/C13H15FN4O2/c14-10-3-1-9(2-4-10)12(19)8-16-13(20)15-7-11-5-6-17-18-11/h1-6,12,19H,7-8H2,(H,17,18)(H2,15,16,20)/t12-/m1/s1. The second-order valence-corrected chi connectivity index (χ2v) is 4.21. The van der Waals surface area contributed by atoms with Crippen LogP contribution in [0.25, 0.3) is 0 Å². The average molecular weight is 278 g/mol. The summed E-state index contributed by atoms with van der Waals surface area (Å²) in [6.45, 7) is 0.360. The fraction of sp³-hybridized carbons (Fsp3) is 0.231. The average Bonchev–Trinajstić information content (AvgIpc) is 2.96. The maximum Gasteiger partial charge on any atom is 0.315 e. The van der Waals surface area contributed by atoms with E-state index < -0.39 is 12.1 Å². The number of amides is 2. The van der Waals surface area contributed by atoms with E-state index in [1.165, 1.54) is 24.3 Å². The van der Waals surface area contributed by atoms with Crippen LogP contribution in [0, 0.1) is 5.82 Å². The topological polar surface area (TPSA) is 90.0 Å². The molecule has 2 rings (SSSR count). The Balaban J connectivity index is 1.73. The van der Waals surface area contributed by atoms with E-state index in [0.29, 0.717) is 12.1 Å². The number of aliphatic hydroxyl groups is 1. The predicted molar refractivity (Wildman–Crippen MR) is 70.2 cm³/mol. The van der Waals surface area contributed by atoms with Gasteiger partial charge in [-0.3, -0.25) is 5.10 Å². The number of carbonyl (C=O) groups is 1. The summed E-state index contributed by atoms with van der Waals surface area (Å²) >= 11 is 0. The molecule has 0 saturated carbocycles. The van der Waals surface area contributed by atoms with Gasteiger partial charge in [-0.25, -0.2) is 9.18 Å². The Bertz CT molecular complexity index is 542. The van der Waals surface area contributed by atoms with Gasteiger partial charge in [-0.2, -0.15) is 5.10 Å². The lowest BCUT2D eigenvalue weighted by atomic mass is 10.1. The van der Waals surface area contributed by atoms with Crippen LogP contribution >= 0.6 is 0 Å². The molecule has 7 heteroatoms. The van der Waals surface area contributed by atoms with Gasteiger partial charge >= 0.3 is 6.03 Å². The van der Waals surface area contributed by atoms with Crippen LogP contribution in [0.2, 0.25) is 0 Å². The van der Waals surface area contributed by atoms with Crippen molar-refractivity contribution in [1.29, 1.82) is 0 Å². The van der Waals surface area contributed by atoms with Crippen LogP contribution in [-0.2, 0) is 6.54 Å². The number of carbonyl (C=O) groups excluding carboxylic acids is 1. The van der Waals surface area contributed by atoms with Crippen molar-refractivity contribution >= 4 is 6.03 Å². The second-order valence-electron chi connectivity index (χ2n) is 4.21. The van der Waals surface area contributed by atoms with Crippen molar-refractivity contribution in [3.05, 3.63) is 53.6 Å². The van der Waals surface area contributed by atoms with Crippen molar-refractivity contribution in [3.63, 3.8) is 0 Å². The zero-order chi connectivity index (χ0) is 14.4. The number of halogens is 1. The van der Waals surface area contributed by atoms with Gasteiger partial charge in [0.05, 0.1) is 18.3 Å². The van der Waals surface area contributed by atoms with Crippen molar-refractivity contribution < 1.29 is 14.3 Å². The molecule has 1 aromatic carbocycles. The van der Waals surface area contributed by atoms with E-state index in [2.05, 4.69) is 20.8 Å². The number of hydrogen-bond donors (Lipinski definition) is 4. The van der Waals surface area contributed by atoms with Crippen molar-refractivity contribution in [2.24, 2.45) is 0 Å². The summed E-state index contributed by atoms with van der Waals surface area (Å²) < 4.78 is 12.7. The van der Waals surface area contributed by atoms with Crippen LogP contribution in [0.1, 0.15) is 17.4 Å². The zero-order valence-corrected chi connectivity index (χ0v) is 10.6. The molecule has 20 heavy (non-hydrogen) atoms. The monoisotopic (exact) mass is 278 g/mol. The Morgan fingerprint density at radius 2 is 2.05 bits per heavy atom. The molecule has 0 unspecified atom stereocenters. The van der Waals surface area contributed by atoms with Crippen molar-refractivity contribution in [3.8, 4) is 0 Å². The summed E-state index contributed by atoms with van der Waals surface area (Å²) in [4.78, 5) is 11.5. The minimum absolute atomic E-state index is 0.0421. The van der Waals surface area contributed by atoms with E-state index in [0.717, 1.165) is 5.69 Å². The molecule has 1 aromatic heterocycles. The molecule has 0 saturated heterocycles. The highest BCUT2D eigenvalue weighted by Gasteiger charge is 2.09. The van der Waals surface area contributed by atoms with Gasteiger partial charge in [0.1, 0.15) is 5.82 Å². The number of aliphatic hydroxyl groups excluding tert-OH is 1. The first kappa shape index (κ1) is 14.0. The van der Waals surface area contributed by atoms with Gasteiger partial charge in [-0.05, 0) is 23.8 Å². The highest BCUT2D eigenvalue weighted by Crippen LogP contribution is 2.12. The molecule has 106 valence electrons. The van der Waals surface area contributed by atoms with Gasteiger partial charge in [0, 0.05) is 12.7 Å². The number of urea groups is 1. The molecule has 2 aromatic rings. The smallest absolute Gasteiger partial charge is 0.315 e. The third-order valence-electron chi connectivity index (χ3n) is 2.71. The Morgan fingerprint density at radius 3 is 2.70 bits per heavy atom. The third kappa shape index (κ3) is 4.06. The summed E-state index contributed by atoms with van der Waals surface area (Å²) in [5, 5.41) is 21.4. The van der Waals surface area contributed by atoms with E-state index in [1.54, 1.807) is 12.3 Å². The van der Waals surface area contributed by atoms with Crippen molar-refractivity contribution in [2.45, 2.75) is 12.6 Å². The molecule has 0 radical (unpaired) electrons. The first-order chi connectivity index (χ1) is 9.65. The van der Waals surface area contributed by atoms with Gasteiger partial charge in [-0.15, -0.1) is 0 Å². The molecule has 0 bridgehead atoms. The Hall–Kier alpha value is -2.41. The number of aromatic amines is 1. The highest BCUT2D eigenvalue weighted by molar-refractivity contribution is 5.73. The lowest BCUT2D eigenvalue weighted by molar-refractivity contribution is 0.173. The maximum atomic E-state index is 12.7. The minimum atomic E-state index is -0.881. The zero-order valence-electron chi connectivity index (χ0n) is 10.6. The molecule has 0 fully saturated rings. The van der Waals surface area contributed by atoms with Gasteiger partial charge < -0.3 is 15.7 Å². The first-order valence-corrected chi connectivity index (χ1v) is 6.08. The Morgan fingerprint density at radius 1 is 1.30 bits per heavy atom. The molecule has 6 nitrogen and oxygen atoms in total. The maximum absolute atomic E-state index is 12.7. The van der Waals surface area contributed by atoms with Gasteiger partial charge in [-0.1, -0.05) is 12.1 Å². The minimum Gasteiger partial charge on any atom is -0.387 e. The molecule has 0 aliphatic heterocycles. The predicted octanol–water partition coefficient (Wildman–Crippen LogP) is 1.08. The van der Waals surface area contributed by atoms with Crippen LogP contribution in [0.15, 0.2) is 36.5 Å². The molecule has 0 spiro atoms. The normalized spacial score (nSPS) is 11.9. The number of aromatic nitrogens is 2. The molecule has 0 aliphatic carbocycles. The van der Waals surface area contributed by atoms with Crippen LogP contribution < -0.4 is 10.6 Å². The number of hydrogen-bond acceptors (Lipinski definition) is 3. The Labute approximate surface area is 115 Å². The number of benzene rings is 1. The van der Waals surface area contributed by atoms with Crippen LogP contribution in [-0.4, -0.2) is 27.9 Å². The molecule has 0 aliphatic rings. The molecule has 4 N–H and O–H groups in total.